The molecule has 1 aliphatic heterocycles. The first kappa shape index (κ1) is 21.3. The number of nitrogens with zero attached hydrogens (tertiary/aromatic N) is 3. The van der Waals surface area contributed by atoms with E-state index in [0.29, 0.717) is 12.6 Å². The molecule has 0 spiro atoms. The van der Waals surface area contributed by atoms with Crippen molar-refractivity contribution in [2.75, 3.05) is 24.5 Å². The predicted octanol–water partition coefficient (Wildman–Crippen LogP) is 4.08. The Hall–Kier alpha value is -1.05. The van der Waals surface area contributed by atoms with Crippen LogP contribution in [0.2, 0.25) is 0 Å². The van der Waals surface area contributed by atoms with Crippen LogP contribution < -0.4 is 15.5 Å². The lowest BCUT2D eigenvalue weighted by Crippen LogP contribution is -2.42. The zero-order chi connectivity index (χ0) is 17.3. The van der Waals surface area contributed by atoms with Gasteiger partial charge in [-0.2, -0.15) is 0 Å². The summed E-state index contributed by atoms with van der Waals surface area (Å²) in [6.07, 6.45) is 12.4. The van der Waals surface area contributed by atoms with Crippen LogP contribution in [-0.2, 0) is 6.54 Å². The molecule has 0 aromatic carbocycles. The van der Waals surface area contributed by atoms with E-state index < -0.39 is 0 Å². The second-order valence-corrected chi connectivity index (χ2v) is 7.25. The Labute approximate surface area is 175 Å². The number of rotatable bonds is 5. The third kappa shape index (κ3) is 6.59. The first-order valence-electron chi connectivity index (χ1n) is 10.1. The molecule has 0 unspecified atom stereocenters. The molecule has 0 amide bonds. The molecule has 0 radical (unpaired) electrons. The molecule has 1 saturated carbocycles. The number of guanidine groups is 1. The van der Waals surface area contributed by atoms with Crippen molar-refractivity contribution in [3.05, 3.63) is 23.9 Å². The topological polar surface area (TPSA) is 52.6 Å². The fourth-order valence-electron chi connectivity index (χ4n) is 3.75. The molecule has 1 saturated heterocycles. The fourth-order valence-corrected chi connectivity index (χ4v) is 3.75. The number of hydrogen-bond donors (Lipinski definition) is 2. The molecule has 6 heteroatoms. The Balaban J connectivity index is 0.00000243. The number of hydrogen-bond acceptors (Lipinski definition) is 3. The maximum Gasteiger partial charge on any atom is 0.191 e. The predicted molar refractivity (Wildman–Crippen MR) is 121 cm³/mol. The summed E-state index contributed by atoms with van der Waals surface area (Å²) >= 11 is 0. The van der Waals surface area contributed by atoms with Crippen LogP contribution in [0.3, 0.4) is 0 Å². The van der Waals surface area contributed by atoms with Crippen LogP contribution in [-0.4, -0.2) is 36.6 Å². The molecule has 1 aromatic heterocycles. The first-order valence-corrected chi connectivity index (χ1v) is 10.1. The van der Waals surface area contributed by atoms with Gasteiger partial charge in [0, 0.05) is 31.9 Å². The summed E-state index contributed by atoms with van der Waals surface area (Å²) in [5.74, 6) is 2.05. The van der Waals surface area contributed by atoms with Gasteiger partial charge >= 0.3 is 0 Å². The van der Waals surface area contributed by atoms with E-state index in [-0.39, 0.29) is 24.0 Å². The minimum absolute atomic E-state index is 0. The molecular formula is C20H34IN5. The normalized spacial score (nSPS) is 19.0. The third-order valence-electron chi connectivity index (χ3n) is 5.20. The highest BCUT2D eigenvalue weighted by Crippen LogP contribution is 2.18. The molecule has 0 bridgehead atoms. The lowest BCUT2D eigenvalue weighted by molar-refractivity contribution is 0.614. The van der Waals surface area contributed by atoms with E-state index in [1.54, 1.807) is 0 Å². The van der Waals surface area contributed by atoms with Crippen molar-refractivity contribution in [3.8, 4) is 0 Å². The number of halogens is 1. The maximum absolute atomic E-state index is 4.75. The van der Waals surface area contributed by atoms with E-state index >= 15 is 0 Å². The summed E-state index contributed by atoms with van der Waals surface area (Å²) in [7, 11) is 0. The smallest absolute Gasteiger partial charge is 0.191 e. The van der Waals surface area contributed by atoms with Gasteiger partial charge in [-0.25, -0.2) is 9.98 Å². The van der Waals surface area contributed by atoms with Crippen molar-refractivity contribution in [1.82, 2.24) is 15.6 Å². The first-order chi connectivity index (χ1) is 12.3. The van der Waals surface area contributed by atoms with Crippen molar-refractivity contribution >= 4 is 35.8 Å². The van der Waals surface area contributed by atoms with Crippen molar-refractivity contribution in [2.24, 2.45) is 4.99 Å². The largest absolute Gasteiger partial charge is 0.357 e. The molecule has 0 atom stereocenters. The summed E-state index contributed by atoms with van der Waals surface area (Å²) in [5.41, 5.74) is 1.17. The zero-order valence-electron chi connectivity index (χ0n) is 16.0. The number of anilines is 1. The van der Waals surface area contributed by atoms with Gasteiger partial charge in [0.1, 0.15) is 5.82 Å². The van der Waals surface area contributed by atoms with Gasteiger partial charge < -0.3 is 15.5 Å². The highest BCUT2D eigenvalue weighted by Gasteiger charge is 2.16. The molecule has 1 aromatic rings. The van der Waals surface area contributed by atoms with Gasteiger partial charge in [-0.1, -0.05) is 31.7 Å². The van der Waals surface area contributed by atoms with Gasteiger partial charge in [-0.15, -0.1) is 24.0 Å². The summed E-state index contributed by atoms with van der Waals surface area (Å²) < 4.78 is 0. The minimum Gasteiger partial charge on any atom is -0.357 e. The highest BCUT2D eigenvalue weighted by atomic mass is 127. The van der Waals surface area contributed by atoms with E-state index in [2.05, 4.69) is 39.6 Å². The van der Waals surface area contributed by atoms with Gasteiger partial charge in [-0.05, 0) is 44.2 Å². The monoisotopic (exact) mass is 471 g/mol. The van der Waals surface area contributed by atoms with Crippen LogP contribution in [0.25, 0.3) is 0 Å². The number of pyridine rings is 1. The molecule has 2 fully saturated rings. The van der Waals surface area contributed by atoms with E-state index in [1.165, 1.54) is 56.9 Å². The van der Waals surface area contributed by atoms with Gasteiger partial charge in [-0.3, -0.25) is 0 Å². The van der Waals surface area contributed by atoms with Crippen LogP contribution in [0.15, 0.2) is 23.3 Å². The molecule has 26 heavy (non-hydrogen) atoms. The Morgan fingerprint density at radius 2 is 1.85 bits per heavy atom. The quantitative estimate of drug-likeness (QED) is 0.386. The van der Waals surface area contributed by atoms with Crippen LogP contribution in [0.1, 0.15) is 63.9 Å². The highest BCUT2D eigenvalue weighted by molar-refractivity contribution is 14.0. The average molecular weight is 471 g/mol. The van der Waals surface area contributed by atoms with Crippen molar-refractivity contribution in [3.63, 3.8) is 0 Å². The molecule has 1 aliphatic carbocycles. The van der Waals surface area contributed by atoms with Gasteiger partial charge in [0.2, 0.25) is 0 Å². The van der Waals surface area contributed by atoms with Gasteiger partial charge in [0.15, 0.2) is 5.96 Å². The summed E-state index contributed by atoms with van der Waals surface area (Å²) in [4.78, 5) is 11.9. The third-order valence-corrected chi connectivity index (χ3v) is 5.20. The summed E-state index contributed by atoms with van der Waals surface area (Å²) in [6, 6.07) is 4.92. The Bertz CT molecular complexity index is 532. The zero-order valence-corrected chi connectivity index (χ0v) is 18.4. The fraction of sp³-hybridized carbons (Fsp3) is 0.700. The second-order valence-electron chi connectivity index (χ2n) is 7.25. The van der Waals surface area contributed by atoms with Crippen LogP contribution in [0.4, 0.5) is 5.82 Å². The number of nitrogens with one attached hydrogen (secondary N) is 2. The van der Waals surface area contributed by atoms with Gasteiger partial charge in [0.05, 0.1) is 6.54 Å². The van der Waals surface area contributed by atoms with Gasteiger partial charge in [0.25, 0.3) is 0 Å². The maximum atomic E-state index is 4.75. The van der Waals surface area contributed by atoms with Crippen molar-refractivity contribution in [2.45, 2.75) is 70.9 Å². The summed E-state index contributed by atoms with van der Waals surface area (Å²) in [6.45, 7) is 5.96. The van der Waals surface area contributed by atoms with Crippen LogP contribution in [0.5, 0.6) is 0 Å². The lowest BCUT2D eigenvalue weighted by atomic mass is 10.2. The molecule has 3 rings (SSSR count). The molecule has 2 N–H and O–H groups in total. The Morgan fingerprint density at radius 1 is 1.12 bits per heavy atom. The Morgan fingerprint density at radius 3 is 2.46 bits per heavy atom. The van der Waals surface area contributed by atoms with Crippen LogP contribution in [0, 0.1) is 0 Å². The molecule has 5 nitrogen and oxygen atoms in total. The Kier molecular flexibility index (Phi) is 9.50. The number of aliphatic imine (C=N–C) groups is 1. The number of aromatic nitrogens is 1. The van der Waals surface area contributed by atoms with E-state index in [9.17, 15) is 0 Å². The van der Waals surface area contributed by atoms with E-state index in [4.69, 9.17) is 4.99 Å². The van der Waals surface area contributed by atoms with Crippen molar-refractivity contribution in [1.29, 1.82) is 0 Å². The molecule has 2 heterocycles. The molecule has 2 aliphatic rings. The SMILES string of the molecule is CCNC(=NCc1ccc(N2CCCCCC2)nc1)NC1CCCC1.I. The minimum atomic E-state index is 0. The van der Waals surface area contributed by atoms with Crippen molar-refractivity contribution < 1.29 is 0 Å². The second kappa shape index (κ2) is 11.6. The molecular weight excluding hydrogens is 437 g/mol. The standard InChI is InChI=1S/C20H33N5.HI/c1-2-21-20(24-18-9-5-6-10-18)23-16-17-11-12-19(22-15-17)25-13-7-3-4-8-14-25;/h11-12,15,18H,2-10,13-14,16H2,1H3,(H2,21,23,24);1H. The average Bonchev–Trinajstić information content (AvgIpc) is 3.00. The van der Waals surface area contributed by atoms with E-state index in [1.807, 2.05) is 6.20 Å². The van der Waals surface area contributed by atoms with E-state index in [0.717, 1.165) is 31.4 Å². The lowest BCUT2D eigenvalue weighted by Gasteiger charge is -2.21. The van der Waals surface area contributed by atoms with Crippen LogP contribution >= 0.6 is 24.0 Å². The summed E-state index contributed by atoms with van der Waals surface area (Å²) in [5, 5.41) is 6.93. The molecule has 146 valence electrons.